The second kappa shape index (κ2) is 4.08. The molecule has 0 aliphatic carbocycles. The number of carbonyl (C=O) groups excluding carboxylic acids is 1. The standard InChI is InChI=1S/C7H7BrN4O4/c8-5-3-11(10-6(5)12(14)15)2-4-1-9-7(13)16-4/h3-4H,1-2H2,(H,9,13). The van der Waals surface area contributed by atoms with E-state index >= 15 is 0 Å². The van der Waals surface area contributed by atoms with Crippen LogP contribution in [0.1, 0.15) is 0 Å². The predicted molar refractivity (Wildman–Crippen MR) is 54.9 cm³/mol. The fourth-order valence-electron chi connectivity index (χ4n) is 1.35. The lowest BCUT2D eigenvalue weighted by Gasteiger charge is -2.03. The number of amides is 1. The highest BCUT2D eigenvalue weighted by Crippen LogP contribution is 2.22. The van der Waals surface area contributed by atoms with Crippen molar-refractivity contribution >= 4 is 27.8 Å². The Morgan fingerprint density at radius 1 is 1.81 bits per heavy atom. The van der Waals surface area contributed by atoms with Gasteiger partial charge >= 0.3 is 11.9 Å². The molecule has 1 atom stereocenters. The highest BCUT2D eigenvalue weighted by Gasteiger charge is 2.26. The third-order valence-corrected chi connectivity index (χ3v) is 2.57. The van der Waals surface area contributed by atoms with E-state index in [0.29, 0.717) is 11.0 Å². The van der Waals surface area contributed by atoms with Crippen molar-refractivity contribution in [3.63, 3.8) is 0 Å². The van der Waals surface area contributed by atoms with Crippen LogP contribution in [0.4, 0.5) is 10.6 Å². The molecule has 1 N–H and O–H groups in total. The Bertz CT molecular complexity index is 446. The summed E-state index contributed by atoms with van der Waals surface area (Å²) in [4.78, 5) is 20.7. The summed E-state index contributed by atoms with van der Waals surface area (Å²) in [6.45, 7) is 0.662. The molecule has 1 fully saturated rings. The number of alkyl carbamates (subject to hydrolysis) is 1. The molecule has 0 spiro atoms. The number of nitro groups is 1. The average molecular weight is 291 g/mol. The Balaban J connectivity index is 2.07. The highest BCUT2D eigenvalue weighted by atomic mass is 79.9. The van der Waals surface area contributed by atoms with Gasteiger partial charge in [0, 0.05) is 0 Å². The molecule has 1 aliphatic heterocycles. The van der Waals surface area contributed by atoms with Gasteiger partial charge < -0.3 is 20.2 Å². The fraction of sp³-hybridized carbons (Fsp3) is 0.429. The molecule has 1 aromatic rings. The molecule has 9 heteroatoms. The third kappa shape index (κ3) is 2.13. The fourth-order valence-corrected chi connectivity index (χ4v) is 1.81. The van der Waals surface area contributed by atoms with Crippen LogP contribution >= 0.6 is 15.9 Å². The van der Waals surface area contributed by atoms with Gasteiger partial charge in [0.1, 0.15) is 17.1 Å². The van der Waals surface area contributed by atoms with Crippen molar-refractivity contribution in [2.24, 2.45) is 0 Å². The maximum absolute atomic E-state index is 10.7. The van der Waals surface area contributed by atoms with E-state index in [1.807, 2.05) is 0 Å². The molecule has 2 rings (SSSR count). The molecular formula is C7H7BrN4O4. The summed E-state index contributed by atoms with van der Waals surface area (Å²) in [6.07, 6.45) is 0.647. The van der Waals surface area contributed by atoms with Crippen LogP contribution in [-0.4, -0.2) is 33.4 Å². The van der Waals surface area contributed by atoms with Gasteiger partial charge in [-0.3, -0.25) is 0 Å². The summed E-state index contributed by atoms with van der Waals surface area (Å²) in [5, 5.41) is 16.8. The van der Waals surface area contributed by atoms with E-state index in [-0.39, 0.29) is 18.5 Å². The van der Waals surface area contributed by atoms with Crippen LogP contribution in [0.15, 0.2) is 10.7 Å². The molecule has 1 amide bonds. The van der Waals surface area contributed by atoms with Gasteiger partial charge in [0.05, 0.1) is 17.8 Å². The number of halogens is 1. The first-order valence-electron chi connectivity index (χ1n) is 4.38. The minimum absolute atomic E-state index is 0.253. The van der Waals surface area contributed by atoms with Gasteiger partial charge in [-0.05, 0) is 20.9 Å². The van der Waals surface area contributed by atoms with E-state index in [4.69, 9.17) is 4.74 Å². The maximum atomic E-state index is 10.7. The van der Waals surface area contributed by atoms with Crippen molar-refractivity contribution in [1.29, 1.82) is 0 Å². The molecule has 2 heterocycles. The van der Waals surface area contributed by atoms with E-state index in [2.05, 4.69) is 26.3 Å². The highest BCUT2D eigenvalue weighted by molar-refractivity contribution is 9.10. The Kier molecular flexibility index (Phi) is 2.77. The number of carbonyl (C=O) groups is 1. The summed E-state index contributed by atoms with van der Waals surface area (Å²) in [5.74, 6) is -0.253. The molecule has 16 heavy (non-hydrogen) atoms. The lowest BCUT2D eigenvalue weighted by Crippen LogP contribution is -2.20. The van der Waals surface area contributed by atoms with Gasteiger partial charge in [0.25, 0.3) is 0 Å². The summed E-state index contributed by atoms with van der Waals surface area (Å²) in [7, 11) is 0. The van der Waals surface area contributed by atoms with E-state index in [9.17, 15) is 14.9 Å². The van der Waals surface area contributed by atoms with Crippen molar-refractivity contribution in [2.75, 3.05) is 6.54 Å². The zero-order valence-corrected chi connectivity index (χ0v) is 9.51. The third-order valence-electron chi connectivity index (χ3n) is 2.01. The number of nitrogens with zero attached hydrogens (tertiary/aromatic N) is 3. The van der Waals surface area contributed by atoms with Crippen LogP contribution in [-0.2, 0) is 11.3 Å². The molecule has 0 radical (unpaired) electrons. The van der Waals surface area contributed by atoms with Crippen molar-refractivity contribution < 1.29 is 14.5 Å². The van der Waals surface area contributed by atoms with Crippen LogP contribution in [0.2, 0.25) is 0 Å². The van der Waals surface area contributed by atoms with E-state index < -0.39 is 11.0 Å². The monoisotopic (exact) mass is 290 g/mol. The lowest BCUT2D eigenvalue weighted by atomic mass is 10.4. The molecule has 0 saturated carbocycles. The molecule has 0 aromatic carbocycles. The molecule has 8 nitrogen and oxygen atoms in total. The van der Waals surface area contributed by atoms with Gasteiger partial charge in [0.15, 0.2) is 0 Å². The Morgan fingerprint density at radius 3 is 3.06 bits per heavy atom. The van der Waals surface area contributed by atoms with Crippen molar-refractivity contribution in [3.05, 3.63) is 20.8 Å². The maximum Gasteiger partial charge on any atom is 0.407 e. The van der Waals surface area contributed by atoms with E-state index in [0.717, 1.165) is 0 Å². The van der Waals surface area contributed by atoms with Crippen LogP contribution in [0.25, 0.3) is 0 Å². The number of ether oxygens (including phenoxy) is 1. The molecule has 1 unspecified atom stereocenters. The second-order valence-electron chi connectivity index (χ2n) is 3.19. The Labute approximate surface area is 97.8 Å². The van der Waals surface area contributed by atoms with Crippen LogP contribution in [0, 0.1) is 10.1 Å². The van der Waals surface area contributed by atoms with Crippen molar-refractivity contribution in [1.82, 2.24) is 15.1 Å². The molecule has 0 bridgehead atoms. The Hall–Kier alpha value is -1.64. The summed E-state index contributed by atoms with van der Waals surface area (Å²) >= 11 is 3.03. The molecule has 1 aromatic heterocycles. The number of rotatable bonds is 3. The van der Waals surface area contributed by atoms with Crippen LogP contribution < -0.4 is 5.32 Å². The summed E-state index contributed by atoms with van der Waals surface area (Å²) in [5.41, 5.74) is 0. The van der Waals surface area contributed by atoms with Crippen LogP contribution in [0.5, 0.6) is 0 Å². The van der Waals surface area contributed by atoms with Gasteiger partial charge in [-0.1, -0.05) is 0 Å². The summed E-state index contributed by atoms with van der Waals surface area (Å²) < 4.78 is 6.55. The molecule has 1 aliphatic rings. The zero-order chi connectivity index (χ0) is 11.7. The van der Waals surface area contributed by atoms with Gasteiger partial charge in [-0.2, -0.15) is 4.68 Å². The average Bonchev–Trinajstić information content (AvgIpc) is 2.73. The van der Waals surface area contributed by atoms with Gasteiger partial charge in [-0.15, -0.1) is 0 Å². The number of hydrogen-bond acceptors (Lipinski definition) is 5. The second-order valence-corrected chi connectivity index (χ2v) is 4.04. The number of aromatic nitrogens is 2. The first kappa shape index (κ1) is 10.9. The largest absolute Gasteiger partial charge is 0.442 e. The first-order valence-corrected chi connectivity index (χ1v) is 5.17. The molecular weight excluding hydrogens is 284 g/mol. The van der Waals surface area contributed by atoms with Crippen molar-refractivity contribution in [2.45, 2.75) is 12.6 Å². The van der Waals surface area contributed by atoms with Gasteiger partial charge in [-0.25, -0.2) is 4.79 Å². The van der Waals surface area contributed by atoms with Crippen molar-refractivity contribution in [3.8, 4) is 0 Å². The van der Waals surface area contributed by atoms with E-state index in [1.165, 1.54) is 10.9 Å². The lowest BCUT2D eigenvalue weighted by molar-refractivity contribution is -0.390. The normalized spacial score (nSPS) is 19.3. The SMILES string of the molecule is O=C1NCC(Cn2cc(Br)c([N+](=O)[O-])n2)O1. The zero-order valence-electron chi connectivity index (χ0n) is 7.92. The number of cyclic esters (lactones) is 1. The van der Waals surface area contributed by atoms with Crippen LogP contribution in [0.3, 0.4) is 0 Å². The van der Waals surface area contributed by atoms with Gasteiger partial charge in [0.2, 0.25) is 0 Å². The number of hydrogen-bond donors (Lipinski definition) is 1. The molecule has 1 saturated heterocycles. The minimum atomic E-state index is -0.584. The first-order chi connectivity index (χ1) is 7.56. The smallest absolute Gasteiger partial charge is 0.407 e. The quantitative estimate of drug-likeness (QED) is 0.651. The number of nitrogens with one attached hydrogen (secondary N) is 1. The summed E-state index contributed by atoms with van der Waals surface area (Å²) in [6, 6.07) is 0. The topological polar surface area (TPSA) is 99.3 Å². The molecule has 86 valence electrons. The predicted octanol–water partition coefficient (Wildman–Crippen LogP) is 0.662. The minimum Gasteiger partial charge on any atom is -0.442 e. The Morgan fingerprint density at radius 2 is 2.56 bits per heavy atom. The van der Waals surface area contributed by atoms with E-state index in [1.54, 1.807) is 0 Å².